The second-order valence-electron chi connectivity index (χ2n) is 4.87. The zero-order chi connectivity index (χ0) is 14.1. The van der Waals surface area contributed by atoms with Crippen LogP contribution in [0.15, 0.2) is 43.0 Å². The van der Waals surface area contributed by atoms with E-state index in [2.05, 4.69) is 20.4 Å². The van der Waals surface area contributed by atoms with Crippen LogP contribution in [0.25, 0.3) is 0 Å². The molecule has 1 unspecified atom stereocenters. The van der Waals surface area contributed by atoms with Crippen LogP contribution >= 0.6 is 0 Å². The van der Waals surface area contributed by atoms with Crippen LogP contribution < -0.4 is 0 Å². The van der Waals surface area contributed by atoms with Crippen LogP contribution in [0.2, 0.25) is 0 Å². The molecule has 1 atom stereocenters. The zero-order valence-electron chi connectivity index (χ0n) is 11.7. The van der Waals surface area contributed by atoms with E-state index in [0.29, 0.717) is 12.5 Å². The smallest absolute Gasteiger partial charge is 0.332 e. The van der Waals surface area contributed by atoms with E-state index in [1.807, 2.05) is 30.3 Å². The first kappa shape index (κ1) is 15.4. The molecule has 0 amide bonds. The number of hydrogen-bond donors (Lipinski definition) is 0. The third-order valence-electron chi connectivity index (χ3n) is 2.58. The first-order chi connectivity index (χ1) is 9.11. The minimum atomic E-state index is -0.346. The van der Waals surface area contributed by atoms with Gasteiger partial charge < -0.3 is 9.47 Å². The van der Waals surface area contributed by atoms with E-state index in [9.17, 15) is 4.79 Å². The minimum absolute atomic E-state index is 0.0304. The Morgan fingerprint density at radius 2 is 2.00 bits per heavy atom. The van der Waals surface area contributed by atoms with Gasteiger partial charge in [-0.2, -0.15) is 0 Å². The number of hydrogen-bond acceptors (Lipinski definition) is 3. The Bertz CT molecular complexity index is 384. The molecular formula is C16H22O3. The fourth-order valence-electron chi connectivity index (χ4n) is 1.69. The number of ether oxygens (including phenoxy) is 2. The van der Waals surface area contributed by atoms with Gasteiger partial charge in [-0.25, -0.2) is 4.79 Å². The van der Waals surface area contributed by atoms with E-state index in [1.54, 1.807) is 6.08 Å². The van der Waals surface area contributed by atoms with E-state index in [0.717, 1.165) is 12.0 Å². The van der Waals surface area contributed by atoms with Crippen LogP contribution in [0.4, 0.5) is 0 Å². The maximum absolute atomic E-state index is 11.6. The van der Waals surface area contributed by atoms with E-state index in [-0.39, 0.29) is 18.7 Å². The summed E-state index contributed by atoms with van der Waals surface area (Å²) in [5, 5.41) is 0. The quantitative estimate of drug-likeness (QED) is 0.532. The topological polar surface area (TPSA) is 35.5 Å². The van der Waals surface area contributed by atoms with Crippen molar-refractivity contribution in [3.63, 3.8) is 0 Å². The lowest BCUT2D eigenvalue weighted by Crippen LogP contribution is -2.21. The van der Waals surface area contributed by atoms with Crippen LogP contribution in [-0.2, 0) is 20.9 Å². The average molecular weight is 262 g/mol. The molecule has 0 bridgehead atoms. The summed E-state index contributed by atoms with van der Waals surface area (Å²) < 4.78 is 10.6. The lowest BCUT2D eigenvalue weighted by molar-refractivity contribution is -0.153. The van der Waals surface area contributed by atoms with Crippen molar-refractivity contribution in [3.8, 4) is 0 Å². The molecule has 3 nitrogen and oxygen atoms in total. The van der Waals surface area contributed by atoms with Crippen LogP contribution in [0.3, 0.4) is 0 Å². The number of benzene rings is 1. The summed E-state index contributed by atoms with van der Waals surface area (Å²) in [6.07, 6.45) is 2.22. The summed E-state index contributed by atoms with van der Waals surface area (Å²) in [5.41, 5.74) is 1.04. The zero-order valence-corrected chi connectivity index (χ0v) is 11.7. The predicted octanol–water partition coefficient (Wildman–Crippen LogP) is 3.35. The Labute approximate surface area is 115 Å². The fraction of sp³-hybridized carbons (Fsp3) is 0.438. The lowest BCUT2D eigenvalue weighted by Gasteiger charge is -2.16. The maximum Gasteiger partial charge on any atom is 0.332 e. The number of carbonyl (C=O) groups is 1. The van der Waals surface area contributed by atoms with Gasteiger partial charge in [0.15, 0.2) is 0 Å². The third kappa shape index (κ3) is 6.77. The Morgan fingerprint density at radius 3 is 2.58 bits per heavy atom. The molecule has 0 saturated carbocycles. The molecule has 0 N–H and O–H groups in total. The highest BCUT2D eigenvalue weighted by Crippen LogP contribution is 2.09. The maximum atomic E-state index is 11.6. The summed E-state index contributed by atoms with van der Waals surface area (Å²) in [5.74, 6) is 0.113. The van der Waals surface area contributed by atoms with Crippen molar-refractivity contribution >= 4 is 5.97 Å². The van der Waals surface area contributed by atoms with Gasteiger partial charge >= 0.3 is 5.97 Å². The molecular weight excluding hydrogens is 240 g/mol. The molecule has 19 heavy (non-hydrogen) atoms. The first-order valence-corrected chi connectivity index (χ1v) is 6.55. The summed E-state index contributed by atoms with van der Waals surface area (Å²) in [6.45, 7) is 8.22. The van der Waals surface area contributed by atoms with Crippen molar-refractivity contribution in [1.82, 2.24) is 0 Å². The molecule has 0 spiro atoms. The molecule has 1 aromatic carbocycles. The summed E-state index contributed by atoms with van der Waals surface area (Å²) in [4.78, 5) is 11.6. The van der Waals surface area contributed by atoms with Gasteiger partial charge in [0.25, 0.3) is 0 Å². The second kappa shape index (κ2) is 8.48. The number of carbonyl (C=O) groups excluding carboxylic acids is 1. The summed E-state index contributed by atoms with van der Waals surface area (Å²) in [7, 11) is 0. The van der Waals surface area contributed by atoms with Gasteiger partial charge in [-0.3, -0.25) is 0 Å². The molecule has 0 aromatic heterocycles. The van der Waals surface area contributed by atoms with Crippen LogP contribution in [0.5, 0.6) is 0 Å². The molecule has 0 aliphatic rings. The molecule has 0 aliphatic heterocycles. The van der Waals surface area contributed by atoms with Gasteiger partial charge in [0, 0.05) is 0 Å². The van der Waals surface area contributed by atoms with E-state index in [4.69, 9.17) is 9.47 Å². The normalized spacial score (nSPS) is 12.2. The van der Waals surface area contributed by atoms with E-state index in [1.165, 1.54) is 0 Å². The van der Waals surface area contributed by atoms with Crippen molar-refractivity contribution < 1.29 is 14.3 Å². The number of rotatable bonds is 8. The standard InChI is InChI=1S/C16H22O3/c1-4-15(10-13(2)3)19-16(17)12-18-11-14-8-6-5-7-9-14/h4-9,13,15H,1,10-12H2,2-3H3. The lowest BCUT2D eigenvalue weighted by atomic mass is 10.1. The Kier molecular flexibility index (Phi) is 6.90. The molecule has 1 rings (SSSR count). The average Bonchev–Trinajstić information content (AvgIpc) is 2.38. The van der Waals surface area contributed by atoms with Gasteiger partial charge in [0.05, 0.1) is 6.61 Å². The monoisotopic (exact) mass is 262 g/mol. The van der Waals surface area contributed by atoms with Crippen LogP contribution in [-0.4, -0.2) is 18.7 Å². The molecule has 1 aromatic rings. The molecule has 0 heterocycles. The molecule has 104 valence electrons. The minimum Gasteiger partial charge on any atom is -0.456 e. The molecule has 0 saturated heterocycles. The van der Waals surface area contributed by atoms with Gasteiger partial charge in [0.1, 0.15) is 12.7 Å². The Hall–Kier alpha value is -1.61. The Balaban J connectivity index is 2.25. The highest BCUT2D eigenvalue weighted by Gasteiger charge is 2.12. The van der Waals surface area contributed by atoms with Crippen molar-refractivity contribution in [1.29, 1.82) is 0 Å². The third-order valence-corrected chi connectivity index (χ3v) is 2.58. The van der Waals surface area contributed by atoms with Gasteiger partial charge in [-0.1, -0.05) is 56.8 Å². The fourth-order valence-corrected chi connectivity index (χ4v) is 1.69. The van der Waals surface area contributed by atoms with Gasteiger partial charge in [0.2, 0.25) is 0 Å². The Morgan fingerprint density at radius 1 is 1.32 bits per heavy atom. The van der Waals surface area contributed by atoms with Crippen LogP contribution in [0.1, 0.15) is 25.8 Å². The highest BCUT2D eigenvalue weighted by molar-refractivity contribution is 5.71. The predicted molar refractivity (Wildman–Crippen MR) is 75.6 cm³/mol. The van der Waals surface area contributed by atoms with E-state index >= 15 is 0 Å². The molecule has 0 fully saturated rings. The molecule has 3 heteroatoms. The highest BCUT2D eigenvalue weighted by atomic mass is 16.6. The van der Waals surface area contributed by atoms with Crippen molar-refractivity contribution in [2.45, 2.75) is 33.0 Å². The van der Waals surface area contributed by atoms with Gasteiger partial charge in [-0.15, -0.1) is 0 Å². The first-order valence-electron chi connectivity index (χ1n) is 6.55. The van der Waals surface area contributed by atoms with Gasteiger partial charge in [-0.05, 0) is 17.9 Å². The van der Waals surface area contributed by atoms with Crippen molar-refractivity contribution in [2.75, 3.05) is 6.61 Å². The molecule has 0 aliphatic carbocycles. The summed E-state index contributed by atoms with van der Waals surface area (Å²) >= 11 is 0. The largest absolute Gasteiger partial charge is 0.456 e. The van der Waals surface area contributed by atoms with Crippen molar-refractivity contribution in [2.24, 2.45) is 5.92 Å². The second-order valence-corrected chi connectivity index (χ2v) is 4.87. The van der Waals surface area contributed by atoms with Crippen molar-refractivity contribution in [3.05, 3.63) is 48.6 Å². The van der Waals surface area contributed by atoms with Crippen LogP contribution in [0, 0.1) is 5.92 Å². The molecule has 0 radical (unpaired) electrons. The van der Waals surface area contributed by atoms with E-state index < -0.39 is 0 Å². The number of esters is 1. The SMILES string of the molecule is C=CC(CC(C)C)OC(=O)COCc1ccccc1. The summed E-state index contributed by atoms with van der Waals surface area (Å²) in [6, 6.07) is 9.73.